The van der Waals surface area contributed by atoms with E-state index in [9.17, 15) is 4.79 Å². The molecule has 26 heavy (non-hydrogen) atoms. The average Bonchev–Trinajstić information content (AvgIpc) is 2.65. The molecule has 7 heteroatoms. The summed E-state index contributed by atoms with van der Waals surface area (Å²) in [5, 5.41) is 3.82. The van der Waals surface area contributed by atoms with Crippen molar-refractivity contribution in [2.45, 2.75) is 26.7 Å². The Kier molecular flexibility index (Phi) is 5.61. The molecular weight excluding hydrogens is 352 g/mol. The Morgan fingerprint density at radius 3 is 2.69 bits per heavy atom. The molecule has 0 atom stereocenters. The molecule has 1 aromatic heterocycles. The third kappa shape index (κ3) is 4.07. The van der Waals surface area contributed by atoms with Crippen LogP contribution in [0.3, 0.4) is 0 Å². The number of carbonyl (C=O) groups excluding carboxylic acids is 1. The van der Waals surface area contributed by atoms with Crippen LogP contribution in [-0.2, 0) is 0 Å². The number of ether oxygens (including phenoxy) is 1. The van der Waals surface area contributed by atoms with Gasteiger partial charge in [0.05, 0.1) is 12.8 Å². The molecule has 0 radical (unpaired) electrons. The van der Waals surface area contributed by atoms with Gasteiger partial charge in [-0.2, -0.15) is 0 Å². The smallest absolute Gasteiger partial charge is 0.272 e. The summed E-state index contributed by atoms with van der Waals surface area (Å²) < 4.78 is 5.37. The van der Waals surface area contributed by atoms with Gasteiger partial charge in [0.1, 0.15) is 23.6 Å². The number of carbonyl (C=O) groups is 1. The summed E-state index contributed by atoms with van der Waals surface area (Å²) in [6.07, 6.45) is 3.46. The first-order valence-corrected chi connectivity index (χ1v) is 9.08. The number of methoxy groups -OCH3 is 1. The van der Waals surface area contributed by atoms with Crippen LogP contribution >= 0.6 is 11.6 Å². The number of benzene rings is 1. The van der Waals surface area contributed by atoms with Gasteiger partial charge in [-0.25, -0.2) is 9.97 Å². The number of nitrogens with zero attached hydrogens (tertiary/aromatic N) is 3. The number of likely N-dealkylation sites (tertiary alicyclic amines) is 1. The van der Waals surface area contributed by atoms with Crippen molar-refractivity contribution in [3.8, 4) is 5.75 Å². The van der Waals surface area contributed by atoms with Gasteiger partial charge in [0.25, 0.3) is 5.91 Å². The third-order valence-corrected chi connectivity index (χ3v) is 5.11. The zero-order chi connectivity index (χ0) is 18.7. The summed E-state index contributed by atoms with van der Waals surface area (Å²) in [5.74, 6) is 1.76. The SMILES string of the molecule is COc1cc(Cl)c(C)cc1Nc1cc(C(=O)N2CCC(C)CC2)ncn1. The fourth-order valence-electron chi connectivity index (χ4n) is 2.98. The third-order valence-electron chi connectivity index (χ3n) is 4.70. The normalized spacial score (nSPS) is 15.0. The quantitative estimate of drug-likeness (QED) is 0.873. The second-order valence-corrected chi connectivity index (χ2v) is 7.10. The Hall–Kier alpha value is -2.34. The summed E-state index contributed by atoms with van der Waals surface area (Å²) in [6.45, 7) is 5.68. The molecule has 6 nitrogen and oxygen atoms in total. The largest absolute Gasteiger partial charge is 0.495 e. The molecule has 2 aromatic rings. The molecule has 0 aliphatic carbocycles. The minimum absolute atomic E-state index is 0.0541. The maximum atomic E-state index is 12.7. The van der Waals surface area contributed by atoms with Crippen molar-refractivity contribution < 1.29 is 9.53 Å². The second kappa shape index (κ2) is 7.91. The van der Waals surface area contributed by atoms with Gasteiger partial charge in [-0.15, -0.1) is 0 Å². The summed E-state index contributed by atoms with van der Waals surface area (Å²) >= 11 is 6.15. The molecule has 0 unspecified atom stereocenters. The number of hydrogen-bond acceptors (Lipinski definition) is 5. The van der Waals surface area contributed by atoms with E-state index in [0.29, 0.717) is 28.2 Å². The van der Waals surface area contributed by atoms with Crippen molar-refractivity contribution >= 4 is 29.0 Å². The molecule has 0 spiro atoms. The lowest BCUT2D eigenvalue weighted by Crippen LogP contribution is -2.38. The van der Waals surface area contributed by atoms with Crippen LogP contribution in [0.4, 0.5) is 11.5 Å². The number of aromatic nitrogens is 2. The number of amides is 1. The van der Waals surface area contributed by atoms with Crippen molar-refractivity contribution in [3.63, 3.8) is 0 Å². The first-order chi connectivity index (χ1) is 12.5. The maximum Gasteiger partial charge on any atom is 0.272 e. The first kappa shape index (κ1) is 18.5. The van der Waals surface area contributed by atoms with E-state index < -0.39 is 0 Å². The molecule has 1 fully saturated rings. The molecule has 0 saturated carbocycles. The number of halogens is 1. The monoisotopic (exact) mass is 374 g/mol. The predicted octanol–water partition coefficient (Wildman–Crippen LogP) is 4.06. The van der Waals surface area contributed by atoms with Gasteiger partial charge in [0, 0.05) is 30.2 Å². The Morgan fingerprint density at radius 1 is 1.27 bits per heavy atom. The molecular formula is C19H23ClN4O2. The van der Waals surface area contributed by atoms with Crippen LogP contribution in [0.1, 0.15) is 35.8 Å². The van der Waals surface area contributed by atoms with E-state index >= 15 is 0 Å². The molecule has 1 amide bonds. The molecule has 1 aliphatic heterocycles. The summed E-state index contributed by atoms with van der Waals surface area (Å²) in [7, 11) is 1.58. The van der Waals surface area contributed by atoms with Crippen molar-refractivity contribution in [3.05, 3.63) is 40.8 Å². The number of hydrogen-bond donors (Lipinski definition) is 1. The fraction of sp³-hybridized carbons (Fsp3) is 0.421. The standard InChI is InChI=1S/C19H23ClN4O2/c1-12-4-6-24(7-5-12)19(25)16-10-18(22-11-21-16)23-15-8-13(2)14(20)9-17(15)26-3/h8-12H,4-7H2,1-3H3,(H,21,22,23). The van der Waals surface area contributed by atoms with Crippen LogP contribution < -0.4 is 10.1 Å². The van der Waals surface area contributed by atoms with E-state index in [1.54, 1.807) is 19.2 Å². The van der Waals surface area contributed by atoms with Crippen molar-refractivity contribution in [2.24, 2.45) is 5.92 Å². The zero-order valence-electron chi connectivity index (χ0n) is 15.3. The first-order valence-electron chi connectivity index (χ1n) is 8.70. The Balaban J connectivity index is 1.80. The van der Waals surface area contributed by atoms with E-state index in [0.717, 1.165) is 37.2 Å². The molecule has 2 heterocycles. The summed E-state index contributed by atoms with van der Waals surface area (Å²) in [6, 6.07) is 5.31. The molecule has 0 bridgehead atoms. The highest BCUT2D eigenvalue weighted by Gasteiger charge is 2.22. The molecule has 138 valence electrons. The van der Waals surface area contributed by atoms with Gasteiger partial charge >= 0.3 is 0 Å². The van der Waals surface area contributed by atoms with Crippen LogP contribution in [0.2, 0.25) is 5.02 Å². The van der Waals surface area contributed by atoms with Crippen LogP contribution in [0.25, 0.3) is 0 Å². The van der Waals surface area contributed by atoms with Crippen molar-refractivity contribution in [2.75, 3.05) is 25.5 Å². The molecule has 1 aromatic carbocycles. The lowest BCUT2D eigenvalue weighted by molar-refractivity contribution is 0.0691. The van der Waals surface area contributed by atoms with Crippen LogP contribution in [0.5, 0.6) is 5.75 Å². The van der Waals surface area contributed by atoms with Crippen LogP contribution in [0.15, 0.2) is 24.5 Å². The van der Waals surface area contributed by atoms with Gasteiger partial charge < -0.3 is 15.0 Å². The Bertz CT molecular complexity index is 804. The number of nitrogens with one attached hydrogen (secondary N) is 1. The van der Waals surface area contributed by atoms with E-state index in [1.165, 1.54) is 6.33 Å². The van der Waals surface area contributed by atoms with Gasteiger partial charge in [0.2, 0.25) is 0 Å². The minimum Gasteiger partial charge on any atom is -0.495 e. The maximum absolute atomic E-state index is 12.7. The second-order valence-electron chi connectivity index (χ2n) is 6.69. The molecule has 3 rings (SSSR count). The highest BCUT2D eigenvalue weighted by molar-refractivity contribution is 6.31. The number of aryl methyl sites for hydroxylation is 1. The van der Waals surface area contributed by atoms with Gasteiger partial charge in [-0.3, -0.25) is 4.79 Å². The number of anilines is 2. The average molecular weight is 375 g/mol. The van der Waals surface area contributed by atoms with Gasteiger partial charge in [-0.1, -0.05) is 18.5 Å². The van der Waals surface area contributed by atoms with E-state index in [4.69, 9.17) is 16.3 Å². The predicted molar refractivity (Wildman–Crippen MR) is 102 cm³/mol. The molecule has 1 saturated heterocycles. The minimum atomic E-state index is -0.0541. The highest BCUT2D eigenvalue weighted by atomic mass is 35.5. The number of piperidine rings is 1. The van der Waals surface area contributed by atoms with E-state index in [2.05, 4.69) is 22.2 Å². The van der Waals surface area contributed by atoms with Gasteiger partial charge in [0.15, 0.2) is 0 Å². The topological polar surface area (TPSA) is 67.3 Å². The highest BCUT2D eigenvalue weighted by Crippen LogP contribution is 2.32. The van der Waals surface area contributed by atoms with Crippen LogP contribution in [0, 0.1) is 12.8 Å². The summed E-state index contributed by atoms with van der Waals surface area (Å²) in [5.41, 5.74) is 2.04. The molecule has 1 aliphatic rings. The van der Waals surface area contributed by atoms with Gasteiger partial charge in [-0.05, 0) is 37.3 Å². The molecule has 1 N–H and O–H groups in total. The lowest BCUT2D eigenvalue weighted by Gasteiger charge is -2.30. The summed E-state index contributed by atoms with van der Waals surface area (Å²) in [4.78, 5) is 22.9. The Morgan fingerprint density at radius 2 is 2.00 bits per heavy atom. The lowest BCUT2D eigenvalue weighted by atomic mass is 9.99. The number of rotatable bonds is 4. The Labute approximate surface area is 158 Å². The van der Waals surface area contributed by atoms with E-state index in [1.807, 2.05) is 17.9 Å². The van der Waals surface area contributed by atoms with E-state index in [-0.39, 0.29) is 5.91 Å². The van der Waals surface area contributed by atoms with Crippen LogP contribution in [-0.4, -0.2) is 41.0 Å². The fourth-order valence-corrected chi connectivity index (χ4v) is 3.14. The van der Waals surface area contributed by atoms with Crippen molar-refractivity contribution in [1.29, 1.82) is 0 Å². The van der Waals surface area contributed by atoms with Crippen molar-refractivity contribution in [1.82, 2.24) is 14.9 Å². The zero-order valence-corrected chi connectivity index (χ0v) is 16.0.